The summed E-state index contributed by atoms with van der Waals surface area (Å²) in [5.41, 5.74) is 1.27. The largest absolute Gasteiger partial charge is 0.373 e. The standard InChI is InChI=1S/C21H29N3OS.HI/c1-3-22-21(24(2)13-11-19-10-7-15-26-19)23-16-18-12-14-25-20(18)17-8-5-4-6-9-17;/h4-10,15,18,20H,3,11-14,16H2,1-2H3,(H,22,23);1H. The molecule has 1 aliphatic heterocycles. The average molecular weight is 499 g/mol. The Morgan fingerprint density at radius 1 is 1.26 bits per heavy atom. The minimum Gasteiger partial charge on any atom is -0.373 e. The number of thiophene rings is 1. The Labute approximate surface area is 184 Å². The van der Waals surface area contributed by atoms with E-state index < -0.39 is 0 Å². The number of benzene rings is 1. The lowest BCUT2D eigenvalue weighted by molar-refractivity contribution is 0.0925. The van der Waals surface area contributed by atoms with Crippen LogP contribution < -0.4 is 5.32 Å². The van der Waals surface area contributed by atoms with Gasteiger partial charge in [0.05, 0.1) is 6.10 Å². The van der Waals surface area contributed by atoms with E-state index in [0.29, 0.717) is 5.92 Å². The summed E-state index contributed by atoms with van der Waals surface area (Å²) in [6.45, 7) is 5.59. The number of ether oxygens (including phenoxy) is 1. The molecule has 1 N–H and O–H groups in total. The van der Waals surface area contributed by atoms with Crippen molar-refractivity contribution in [3.05, 3.63) is 58.3 Å². The molecule has 3 rings (SSSR count). The zero-order valence-corrected chi connectivity index (χ0v) is 19.3. The minimum absolute atomic E-state index is 0. The van der Waals surface area contributed by atoms with Crippen LogP contribution in [-0.4, -0.2) is 44.1 Å². The van der Waals surface area contributed by atoms with E-state index in [1.807, 2.05) is 11.3 Å². The Balaban J connectivity index is 0.00000261. The SMILES string of the molecule is CCNC(=NCC1CCOC1c1ccccc1)N(C)CCc1cccs1.I. The van der Waals surface area contributed by atoms with Crippen molar-refractivity contribution in [2.24, 2.45) is 10.9 Å². The molecule has 27 heavy (non-hydrogen) atoms. The minimum atomic E-state index is 0. The summed E-state index contributed by atoms with van der Waals surface area (Å²) in [5.74, 6) is 1.43. The molecule has 0 radical (unpaired) electrons. The van der Waals surface area contributed by atoms with E-state index in [1.165, 1.54) is 10.4 Å². The Morgan fingerprint density at radius 3 is 2.78 bits per heavy atom. The number of nitrogens with one attached hydrogen (secondary N) is 1. The van der Waals surface area contributed by atoms with Crippen molar-refractivity contribution in [2.75, 3.05) is 33.3 Å². The van der Waals surface area contributed by atoms with Gasteiger partial charge in [-0.2, -0.15) is 0 Å². The third kappa shape index (κ3) is 6.47. The predicted molar refractivity (Wildman–Crippen MR) is 125 cm³/mol. The number of likely N-dealkylation sites (N-methyl/N-ethyl adjacent to an activating group) is 1. The van der Waals surface area contributed by atoms with Gasteiger partial charge in [0.2, 0.25) is 0 Å². The van der Waals surface area contributed by atoms with Gasteiger partial charge in [-0.25, -0.2) is 0 Å². The van der Waals surface area contributed by atoms with Crippen LogP contribution in [0.3, 0.4) is 0 Å². The first-order valence-corrected chi connectivity index (χ1v) is 10.3. The first-order chi connectivity index (χ1) is 12.8. The van der Waals surface area contributed by atoms with Crippen LogP contribution in [0, 0.1) is 5.92 Å². The lowest BCUT2D eigenvalue weighted by Crippen LogP contribution is -2.40. The van der Waals surface area contributed by atoms with E-state index in [0.717, 1.165) is 45.0 Å². The van der Waals surface area contributed by atoms with Crippen LogP contribution in [0.1, 0.15) is 29.9 Å². The van der Waals surface area contributed by atoms with Gasteiger partial charge in [-0.05, 0) is 36.8 Å². The highest BCUT2D eigenvalue weighted by molar-refractivity contribution is 14.0. The molecule has 148 valence electrons. The molecule has 1 aliphatic rings. The van der Waals surface area contributed by atoms with Gasteiger partial charge in [-0.15, -0.1) is 35.3 Å². The van der Waals surface area contributed by atoms with Gasteiger partial charge in [-0.1, -0.05) is 36.4 Å². The number of rotatable bonds is 7. The summed E-state index contributed by atoms with van der Waals surface area (Å²) in [6.07, 6.45) is 2.29. The third-order valence-corrected chi connectivity index (χ3v) is 5.72. The summed E-state index contributed by atoms with van der Waals surface area (Å²) in [4.78, 5) is 8.58. The van der Waals surface area contributed by atoms with Gasteiger partial charge in [-0.3, -0.25) is 4.99 Å². The first-order valence-electron chi connectivity index (χ1n) is 9.46. The summed E-state index contributed by atoms with van der Waals surface area (Å²) in [5, 5.41) is 5.57. The number of hydrogen-bond acceptors (Lipinski definition) is 3. The van der Waals surface area contributed by atoms with Crippen molar-refractivity contribution in [3.8, 4) is 0 Å². The summed E-state index contributed by atoms with van der Waals surface area (Å²) < 4.78 is 6.00. The Hall–Kier alpha value is -1.12. The van der Waals surface area contributed by atoms with Crippen LogP contribution in [0.15, 0.2) is 52.8 Å². The van der Waals surface area contributed by atoms with E-state index in [4.69, 9.17) is 9.73 Å². The molecule has 2 heterocycles. The molecular weight excluding hydrogens is 469 g/mol. The van der Waals surface area contributed by atoms with E-state index in [2.05, 4.69) is 72.0 Å². The van der Waals surface area contributed by atoms with Gasteiger partial charge >= 0.3 is 0 Å². The number of aliphatic imine (C=N–C) groups is 1. The molecule has 0 amide bonds. The van der Waals surface area contributed by atoms with E-state index >= 15 is 0 Å². The highest BCUT2D eigenvalue weighted by Gasteiger charge is 2.29. The van der Waals surface area contributed by atoms with Crippen LogP contribution in [0.5, 0.6) is 0 Å². The fraction of sp³-hybridized carbons (Fsp3) is 0.476. The lowest BCUT2D eigenvalue weighted by atomic mass is 9.95. The second-order valence-electron chi connectivity index (χ2n) is 6.70. The summed E-state index contributed by atoms with van der Waals surface area (Å²) in [7, 11) is 2.12. The highest BCUT2D eigenvalue weighted by atomic mass is 127. The van der Waals surface area contributed by atoms with Crippen molar-refractivity contribution in [2.45, 2.75) is 25.9 Å². The molecular formula is C21H30IN3OS. The van der Waals surface area contributed by atoms with Crippen LogP contribution in [0.4, 0.5) is 0 Å². The van der Waals surface area contributed by atoms with Gasteiger partial charge in [0, 0.05) is 44.1 Å². The topological polar surface area (TPSA) is 36.9 Å². The molecule has 2 atom stereocenters. The lowest BCUT2D eigenvalue weighted by Gasteiger charge is -2.23. The molecule has 0 aliphatic carbocycles. The molecule has 2 aromatic rings. The van der Waals surface area contributed by atoms with Crippen LogP contribution >= 0.6 is 35.3 Å². The van der Waals surface area contributed by atoms with Gasteiger partial charge in [0.15, 0.2) is 5.96 Å². The maximum absolute atomic E-state index is 6.00. The maximum Gasteiger partial charge on any atom is 0.193 e. The fourth-order valence-electron chi connectivity index (χ4n) is 3.34. The number of nitrogens with zero attached hydrogens (tertiary/aromatic N) is 2. The van der Waals surface area contributed by atoms with E-state index in [9.17, 15) is 0 Å². The molecule has 2 unspecified atom stereocenters. The van der Waals surface area contributed by atoms with E-state index in [-0.39, 0.29) is 30.1 Å². The van der Waals surface area contributed by atoms with Gasteiger partial charge in [0.25, 0.3) is 0 Å². The molecule has 0 saturated carbocycles. The monoisotopic (exact) mass is 499 g/mol. The van der Waals surface area contributed by atoms with Crippen LogP contribution in [0.2, 0.25) is 0 Å². The molecule has 6 heteroatoms. The second kappa shape index (κ2) is 11.7. The van der Waals surface area contributed by atoms with Crippen LogP contribution in [-0.2, 0) is 11.2 Å². The van der Waals surface area contributed by atoms with Crippen LogP contribution in [0.25, 0.3) is 0 Å². The summed E-state index contributed by atoms with van der Waals surface area (Å²) in [6, 6.07) is 14.8. The van der Waals surface area contributed by atoms with Gasteiger partial charge < -0.3 is 15.0 Å². The molecule has 1 fully saturated rings. The molecule has 1 aromatic heterocycles. The molecule has 1 aromatic carbocycles. The quantitative estimate of drug-likeness (QED) is 0.344. The molecule has 0 bridgehead atoms. The highest BCUT2D eigenvalue weighted by Crippen LogP contribution is 2.34. The smallest absolute Gasteiger partial charge is 0.193 e. The van der Waals surface area contributed by atoms with Gasteiger partial charge in [0.1, 0.15) is 0 Å². The normalized spacial score (nSPS) is 19.6. The number of hydrogen-bond donors (Lipinski definition) is 1. The van der Waals surface area contributed by atoms with Crippen molar-refractivity contribution >= 4 is 41.3 Å². The number of guanidine groups is 1. The summed E-state index contributed by atoms with van der Waals surface area (Å²) >= 11 is 1.82. The van der Waals surface area contributed by atoms with Crippen molar-refractivity contribution in [3.63, 3.8) is 0 Å². The fourth-order valence-corrected chi connectivity index (χ4v) is 4.04. The predicted octanol–water partition coefficient (Wildman–Crippen LogP) is 4.58. The third-order valence-electron chi connectivity index (χ3n) is 4.79. The Bertz CT molecular complexity index is 678. The average Bonchev–Trinajstić information content (AvgIpc) is 3.35. The molecule has 0 spiro atoms. The maximum atomic E-state index is 6.00. The Kier molecular flexibility index (Phi) is 9.58. The van der Waals surface area contributed by atoms with Crippen molar-refractivity contribution < 1.29 is 4.74 Å². The van der Waals surface area contributed by atoms with E-state index in [1.54, 1.807) is 0 Å². The Morgan fingerprint density at radius 2 is 2.07 bits per heavy atom. The molecule has 1 saturated heterocycles. The zero-order chi connectivity index (χ0) is 18.2. The second-order valence-corrected chi connectivity index (χ2v) is 7.73. The number of halogens is 1. The zero-order valence-electron chi connectivity index (χ0n) is 16.1. The first kappa shape index (κ1) is 22.2. The van der Waals surface area contributed by atoms with Crippen molar-refractivity contribution in [1.29, 1.82) is 0 Å². The molecule has 4 nitrogen and oxygen atoms in total. The van der Waals surface area contributed by atoms with Crippen molar-refractivity contribution in [1.82, 2.24) is 10.2 Å².